The predicted octanol–water partition coefficient (Wildman–Crippen LogP) is 4.41. The second kappa shape index (κ2) is 7.68. The number of thiocarbonyl (C=S) groups is 1. The molecular weight excluding hydrogens is 396 g/mol. The Morgan fingerprint density at radius 3 is 2.63 bits per heavy atom. The molecular formula is C23H20N4O2S. The maximum absolute atomic E-state index is 9.74. The highest BCUT2D eigenvalue weighted by atomic mass is 32.1. The van der Waals surface area contributed by atoms with E-state index in [0.29, 0.717) is 11.7 Å². The molecule has 4 heterocycles. The molecule has 1 aliphatic heterocycles. The number of pyridine rings is 1. The van der Waals surface area contributed by atoms with Crippen LogP contribution in [0.2, 0.25) is 0 Å². The van der Waals surface area contributed by atoms with Gasteiger partial charge in [0.25, 0.3) is 0 Å². The van der Waals surface area contributed by atoms with E-state index in [2.05, 4.69) is 25.8 Å². The Balaban J connectivity index is 1.60. The third-order valence-electron chi connectivity index (χ3n) is 5.30. The van der Waals surface area contributed by atoms with Gasteiger partial charge in [0.05, 0.1) is 24.5 Å². The molecule has 0 amide bonds. The highest BCUT2D eigenvalue weighted by Crippen LogP contribution is 2.42. The second-order valence-corrected chi connectivity index (χ2v) is 7.54. The summed E-state index contributed by atoms with van der Waals surface area (Å²) in [4.78, 5) is 6.67. The number of rotatable bonds is 5. The molecule has 5 rings (SSSR count). The quantitative estimate of drug-likeness (QED) is 0.470. The first-order chi connectivity index (χ1) is 14.7. The standard InChI is InChI=1S/C23H20N4O2S/c28-17-10-8-16(9-11-17)27-22(21(25-23(27)30)19-6-1-2-12-24-19)20-7-3-13-26(20)15-18-5-4-14-29-18/h1-14,21-22,28H,15H2,(H,25,30)/t21-,22+/m0/s1. The van der Waals surface area contributed by atoms with E-state index in [-0.39, 0.29) is 17.8 Å². The van der Waals surface area contributed by atoms with E-state index in [9.17, 15) is 5.11 Å². The average molecular weight is 417 g/mol. The number of furan rings is 1. The minimum Gasteiger partial charge on any atom is -0.508 e. The van der Waals surface area contributed by atoms with Crippen molar-refractivity contribution in [2.75, 3.05) is 4.90 Å². The van der Waals surface area contributed by atoms with Crippen LogP contribution in [0.5, 0.6) is 5.75 Å². The lowest BCUT2D eigenvalue weighted by atomic mass is 10.0. The number of hydrogen-bond acceptors (Lipinski definition) is 4. The fourth-order valence-electron chi connectivity index (χ4n) is 3.96. The zero-order valence-electron chi connectivity index (χ0n) is 16.1. The molecule has 2 N–H and O–H groups in total. The molecule has 0 aliphatic carbocycles. The lowest BCUT2D eigenvalue weighted by molar-refractivity contribution is 0.473. The van der Waals surface area contributed by atoms with E-state index < -0.39 is 0 Å². The molecule has 3 aromatic heterocycles. The molecule has 6 nitrogen and oxygen atoms in total. The van der Waals surface area contributed by atoms with Crippen LogP contribution in [0.3, 0.4) is 0 Å². The molecule has 1 aromatic carbocycles. The van der Waals surface area contributed by atoms with Gasteiger partial charge in [-0.1, -0.05) is 6.07 Å². The van der Waals surface area contributed by atoms with E-state index in [1.807, 2.05) is 54.7 Å². The number of benzene rings is 1. The first-order valence-corrected chi connectivity index (χ1v) is 10.1. The maximum atomic E-state index is 9.74. The summed E-state index contributed by atoms with van der Waals surface area (Å²) >= 11 is 5.74. The van der Waals surface area contributed by atoms with Gasteiger partial charge in [0, 0.05) is 23.8 Å². The van der Waals surface area contributed by atoms with Crippen molar-refractivity contribution in [1.29, 1.82) is 0 Å². The predicted molar refractivity (Wildman–Crippen MR) is 118 cm³/mol. The summed E-state index contributed by atoms with van der Waals surface area (Å²) in [6.07, 6.45) is 5.52. The number of phenols is 1. The van der Waals surface area contributed by atoms with E-state index in [0.717, 1.165) is 22.8 Å². The summed E-state index contributed by atoms with van der Waals surface area (Å²) in [5, 5.41) is 13.8. The molecule has 150 valence electrons. The monoisotopic (exact) mass is 416 g/mol. The topological polar surface area (TPSA) is 66.5 Å². The van der Waals surface area contributed by atoms with Crippen LogP contribution in [0.1, 0.15) is 29.2 Å². The smallest absolute Gasteiger partial charge is 0.174 e. The Morgan fingerprint density at radius 2 is 1.90 bits per heavy atom. The van der Waals surface area contributed by atoms with Crippen molar-refractivity contribution in [3.05, 3.63) is 103 Å². The van der Waals surface area contributed by atoms with Gasteiger partial charge in [0.15, 0.2) is 5.11 Å². The molecule has 0 unspecified atom stereocenters. The first kappa shape index (κ1) is 18.4. The molecule has 1 saturated heterocycles. The largest absolute Gasteiger partial charge is 0.508 e. The van der Waals surface area contributed by atoms with Gasteiger partial charge in [-0.15, -0.1) is 0 Å². The third-order valence-corrected chi connectivity index (χ3v) is 5.61. The minimum atomic E-state index is -0.127. The SMILES string of the molecule is Oc1ccc(N2C(=S)N[C@@H](c3ccccn3)[C@H]2c2cccn2Cc2ccco2)cc1. The lowest BCUT2D eigenvalue weighted by Gasteiger charge is -2.29. The normalized spacial score (nSPS) is 18.5. The number of aromatic hydroxyl groups is 1. The molecule has 1 fully saturated rings. The van der Waals surface area contributed by atoms with Crippen LogP contribution in [-0.4, -0.2) is 19.8 Å². The van der Waals surface area contributed by atoms with E-state index in [1.54, 1.807) is 24.6 Å². The number of nitrogens with one attached hydrogen (secondary N) is 1. The Kier molecular flexibility index (Phi) is 4.72. The molecule has 0 radical (unpaired) electrons. The molecule has 0 bridgehead atoms. The highest BCUT2D eigenvalue weighted by Gasteiger charge is 2.42. The zero-order valence-corrected chi connectivity index (χ0v) is 16.9. The van der Waals surface area contributed by atoms with Gasteiger partial charge in [-0.2, -0.15) is 0 Å². The summed E-state index contributed by atoms with van der Waals surface area (Å²) in [7, 11) is 0. The number of hydrogen-bond donors (Lipinski definition) is 2. The fourth-order valence-corrected chi connectivity index (χ4v) is 4.30. The first-order valence-electron chi connectivity index (χ1n) is 9.68. The minimum absolute atomic E-state index is 0.123. The van der Waals surface area contributed by atoms with Crippen LogP contribution >= 0.6 is 12.2 Å². The fraction of sp³-hybridized carbons (Fsp3) is 0.130. The van der Waals surface area contributed by atoms with Crippen molar-refractivity contribution in [2.45, 2.75) is 18.6 Å². The van der Waals surface area contributed by atoms with Crippen molar-refractivity contribution < 1.29 is 9.52 Å². The molecule has 0 spiro atoms. The van der Waals surface area contributed by atoms with Crippen LogP contribution < -0.4 is 10.2 Å². The van der Waals surface area contributed by atoms with Gasteiger partial charge in [-0.25, -0.2) is 0 Å². The van der Waals surface area contributed by atoms with Crippen molar-refractivity contribution >= 4 is 23.0 Å². The van der Waals surface area contributed by atoms with Crippen molar-refractivity contribution in [2.24, 2.45) is 0 Å². The van der Waals surface area contributed by atoms with Crippen LogP contribution in [0, 0.1) is 0 Å². The summed E-state index contributed by atoms with van der Waals surface area (Å²) in [6.45, 7) is 0.622. The Hall–Kier alpha value is -3.58. The van der Waals surface area contributed by atoms with Crippen molar-refractivity contribution in [1.82, 2.24) is 14.9 Å². The molecule has 2 atom stereocenters. The summed E-state index contributed by atoms with van der Waals surface area (Å²) in [5.74, 6) is 1.10. The van der Waals surface area contributed by atoms with Gasteiger partial charge in [0.2, 0.25) is 0 Å². The van der Waals surface area contributed by atoms with Crippen LogP contribution in [0.15, 0.2) is 89.8 Å². The number of anilines is 1. The van der Waals surface area contributed by atoms with Gasteiger partial charge < -0.3 is 24.3 Å². The van der Waals surface area contributed by atoms with E-state index in [1.165, 1.54) is 0 Å². The lowest BCUT2D eigenvalue weighted by Crippen LogP contribution is -2.30. The third kappa shape index (κ3) is 3.33. The molecule has 30 heavy (non-hydrogen) atoms. The van der Waals surface area contributed by atoms with Crippen LogP contribution in [0.25, 0.3) is 0 Å². The Morgan fingerprint density at radius 1 is 1.03 bits per heavy atom. The Bertz CT molecular complexity index is 1140. The van der Waals surface area contributed by atoms with Crippen molar-refractivity contribution in [3.63, 3.8) is 0 Å². The molecule has 1 aliphatic rings. The van der Waals surface area contributed by atoms with Gasteiger partial charge in [-0.05, 0) is 72.9 Å². The second-order valence-electron chi connectivity index (χ2n) is 7.15. The van der Waals surface area contributed by atoms with E-state index >= 15 is 0 Å². The van der Waals surface area contributed by atoms with E-state index in [4.69, 9.17) is 16.6 Å². The molecule has 4 aromatic rings. The Labute approximate surface area is 179 Å². The van der Waals surface area contributed by atoms with Gasteiger partial charge >= 0.3 is 0 Å². The highest BCUT2D eigenvalue weighted by molar-refractivity contribution is 7.80. The number of phenolic OH excluding ortho intramolecular Hbond substituents is 1. The maximum Gasteiger partial charge on any atom is 0.174 e. The average Bonchev–Trinajstić information content (AvgIpc) is 3.50. The summed E-state index contributed by atoms with van der Waals surface area (Å²) in [6, 6.07) is 20.7. The van der Waals surface area contributed by atoms with Crippen LogP contribution in [0.4, 0.5) is 5.69 Å². The zero-order chi connectivity index (χ0) is 20.5. The summed E-state index contributed by atoms with van der Waals surface area (Å²) in [5.41, 5.74) is 2.90. The van der Waals surface area contributed by atoms with Gasteiger partial charge in [0.1, 0.15) is 17.6 Å². The number of nitrogens with zero attached hydrogens (tertiary/aromatic N) is 3. The van der Waals surface area contributed by atoms with Gasteiger partial charge in [-0.3, -0.25) is 4.98 Å². The van der Waals surface area contributed by atoms with Crippen LogP contribution in [-0.2, 0) is 6.54 Å². The molecule has 7 heteroatoms. The summed E-state index contributed by atoms with van der Waals surface area (Å²) < 4.78 is 7.73. The molecule has 0 saturated carbocycles. The van der Waals surface area contributed by atoms with Crippen molar-refractivity contribution in [3.8, 4) is 5.75 Å². The number of aromatic nitrogens is 2.